The highest BCUT2D eigenvalue weighted by Gasteiger charge is 2.34. The third-order valence-corrected chi connectivity index (χ3v) is 6.40. The number of hydrazine groups is 1. The van der Waals surface area contributed by atoms with Crippen LogP contribution in [0.5, 0.6) is 0 Å². The first kappa shape index (κ1) is 16.7. The van der Waals surface area contributed by atoms with E-state index in [4.69, 9.17) is 4.52 Å². The van der Waals surface area contributed by atoms with Gasteiger partial charge in [0.05, 0.1) is 4.88 Å². The summed E-state index contributed by atoms with van der Waals surface area (Å²) in [5, 5.41) is 6.32. The second-order valence-corrected chi connectivity index (χ2v) is 8.75. The molecule has 0 aromatic carbocycles. The molecule has 10 heteroatoms. The van der Waals surface area contributed by atoms with E-state index >= 15 is 0 Å². The van der Waals surface area contributed by atoms with Gasteiger partial charge in [-0.1, -0.05) is 5.16 Å². The van der Waals surface area contributed by atoms with Gasteiger partial charge >= 0.3 is 0 Å². The van der Waals surface area contributed by atoms with Crippen LogP contribution in [0.4, 0.5) is 0 Å². The average molecular weight is 369 g/mol. The van der Waals surface area contributed by atoms with Crippen molar-refractivity contribution in [1.29, 1.82) is 0 Å². The van der Waals surface area contributed by atoms with Gasteiger partial charge in [0, 0.05) is 25.4 Å². The van der Waals surface area contributed by atoms with Crippen molar-refractivity contribution in [3.63, 3.8) is 0 Å². The predicted octanol–water partition coefficient (Wildman–Crippen LogP) is 1.35. The molecule has 3 heterocycles. The normalized spacial score (nSPS) is 15.1. The Morgan fingerprint density at radius 2 is 1.88 bits per heavy atom. The second-order valence-electron chi connectivity index (χ2n) is 5.42. The number of sulfone groups is 1. The van der Waals surface area contributed by atoms with Gasteiger partial charge in [0.1, 0.15) is 9.97 Å². The van der Waals surface area contributed by atoms with Gasteiger partial charge in [0.15, 0.2) is 15.5 Å². The zero-order valence-corrected chi connectivity index (χ0v) is 14.7. The number of aromatic nitrogens is 1. The van der Waals surface area contributed by atoms with E-state index in [0.717, 1.165) is 17.6 Å². The van der Waals surface area contributed by atoms with Gasteiger partial charge < -0.3 is 4.52 Å². The highest BCUT2D eigenvalue weighted by molar-refractivity contribution is 7.92. The topological polar surface area (TPSA) is 101 Å². The minimum atomic E-state index is -3.36. The Hall–Kier alpha value is -2.20. The fourth-order valence-electron chi connectivity index (χ4n) is 2.40. The van der Waals surface area contributed by atoms with Crippen molar-refractivity contribution in [2.75, 3.05) is 19.3 Å². The minimum Gasteiger partial charge on any atom is -0.361 e. The van der Waals surface area contributed by atoms with E-state index in [1.54, 1.807) is 6.92 Å². The van der Waals surface area contributed by atoms with Gasteiger partial charge in [-0.2, -0.15) is 0 Å². The van der Waals surface area contributed by atoms with Crippen LogP contribution < -0.4 is 0 Å². The molecular formula is C14H15N3O5S2. The summed E-state index contributed by atoms with van der Waals surface area (Å²) in [4.78, 5) is 25.4. The molecule has 0 atom stereocenters. The van der Waals surface area contributed by atoms with Gasteiger partial charge in [-0.15, -0.1) is 11.3 Å². The maximum atomic E-state index is 12.6. The Morgan fingerprint density at radius 1 is 1.21 bits per heavy atom. The van der Waals surface area contributed by atoms with Crippen molar-refractivity contribution in [2.45, 2.75) is 17.6 Å². The Bertz CT molecular complexity index is 899. The molecule has 2 aromatic rings. The lowest BCUT2D eigenvalue weighted by Crippen LogP contribution is -2.44. The van der Waals surface area contributed by atoms with E-state index in [1.165, 1.54) is 28.2 Å². The third kappa shape index (κ3) is 3.06. The van der Waals surface area contributed by atoms with Crippen molar-refractivity contribution >= 4 is 33.0 Å². The molecule has 0 radical (unpaired) electrons. The van der Waals surface area contributed by atoms with Crippen molar-refractivity contribution < 1.29 is 22.5 Å². The van der Waals surface area contributed by atoms with Crippen LogP contribution in [0, 0.1) is 6.92 Å². The molecule has 128 valence electrons. The van der Waals surface area contributed by atoms with Crippen LogP contribution in [0.25, 0.3) is 0 Å². The summed E-state index contributed by atoms with van der Waals surface area (Å²) in [6, 6.07) is 4.37. The maximum Gasteiger partial charge on any atom is 0.294 e. The molecule has 1 fully saturated rings. The largest absolute Gasteiger partial charge is 0.361 e. The molecule has 1 aliphatic heterocycles. The second kappa shape index (κ2) is 6.02. The lowest BCUT2D eigenvalue weighted by Gasteiger charge is -2.26. The Balaban J connectivity index is 1.83. The summed E-state index contributed by atoms with van der Waals surface area (Å²) in [7, 11) is -3.36. The summed E-state index contributed by atoms with van der Waals surface area (Å²) in [5.41, 5.74) is 0.134. The van der Waals surface area contributed by atoms with Crippen molar-refractivity contribution in [1.82, 2.24) is 15.2 Å². The quantitative estimate of drug-likeness (QED) is 0.809. The lowest BCUT2D eigenvalue weighted by atomic mass is 10.3. The number of carbonyl (C=O) groups excluding carboxylic acids is 2. The number of hydrogen-bond donors (Lipinski definition) is 0. The number of thiophene rings is 1. The standard InChI is InChI=1S/C14H15N3O5S2/c1-9-8-10(15-22-9)13(18)16-6-3-7-17(16)14(19)11-4-5-12(23-11)24(2,20)21/h4-5,8H,3,6-7H2,1-2H3. The molecule has 24 heavy (non-hydrogen) atoms. The Labute approximate surface area is 142 Å². The Morgan fingerprint density at radius 3 is 2.42 bits per heavy atom. The molecule has 2 aromatic heterocycles. The molecule has 0 saturated carbocycles. The smallest absolute Gasteiger partial charge is 0.294 e. The van der Waals surface area contributed by atoms with Crippen molar-refractivity contribution in [3.8, 4) is 0 Å². The van der Waals surface area contributed by atoms with Gasteiger partial charge in [-0.05, 0) is 25.5 Å². The minimum absolute atomic E-state index is 0.120. The molecule has 1 saturated heterocycles. The van der Waals surface area contributed by atoms with Crippen LogP contribution in [0.2, 0.25) is 0 Å². The first-order chi connectivity index (χ1) is 11.3. The van der Waals surface area contributed by atoms with Crippen LogP contribution in [-0.2, 0) is 9.84 Å². The fourth-order valence-corrected chi connectivity index (χ4v) is 4.27. The molecule has 0 bridgehead atoms. The van der Waals surface area contributed by atoms with E-state index in [-0.39, 0.29) is 14.8 Å². The van der Waals surface area contributed by atoms with Gasteiger partial charge in [-0.25, -0.2) is 18.4 Å². The summed E-state index contributed by atoms with van der Waals surface area (Å²) in [6.07, 6.45) is 1.73. The van der Waals surface area contributed by atoms with Crippen LogP contribution >= 0.6 is 11.3 Å². The Kier molecular flexibility index (Phi) is 4.18. The predicted molar refractivity (Wildman–Crippen MR) is 85.4 cm³/mol. The first-order valence-corrected chi connectivity index (χ1v) is 9.85. The SMILES string of the molecule is Cc1cc(C(=O)N2CCCN2C(=O)c2ccc(S(C)(=O)=O)s2)no1. The van der Waals surface area contributed by atoms with Crippen molar-refractivity contribution in [2.24, 2.45) is 0 Å². The van der Waals surface area contributed by atoms with Crippen LogP contribution in [-0.4, -0.2) is 54.8 Å². The average Bonchev–Trinajstić information content (AvgIpc) is 3.24. The monoisotopic (exact) mass is 369 g/mol. The van der Waals surface area contributed by atoms with Gasteiger partial charge in [0.25, 0.3) is 11.8 Å². The number of amides is 2. The number of nitrogens with zero attached hydrogens (tertiary/aromatic N) is 3. The molecular weight excluding hydrogens is 354 g/mol. The van der Waals surface area contributed by atoms with Crippen LogP contribution in [0.3, 0.4) is 0 Å². The molecule has 3 rings (SSSR count). The zero-order valence-electron chi connectivity index (χ0n) is 13.1. The lowest BCUT2D eigenvalue weighted by molar-refractivity contribution is 0.0183. The van der Waals surface area contributed by atoms with E-state index in [9.17, 15) is 18.0 Å². The summed E-state index contributed by atoms with van der Waals surface area (Å²) >= 11 is 0.897. The van der Waals surface area contributed by atoms with Crippen LogP contribution in [0.1, 0.15) is 32.3 Å². The first-order valence-electron chi connectivity index (χ1n) is 7.14. The summed E-state index contributed by atoms with van der Waals surface area (Å²) < 4.78 is 28.1. The van der Waals surface area contributed by atoms with E-state index in [2.05, 4.69) is 5.16 Å². The van der Waals surface area contributed by atoms with E-state index in [0.29, 0.717) is 25.3 Å². The maximum absolute atomic E-state index is 12.6. The molecule has 0 N–H and O–H groups in total. The van der Waals surface area contributed by atoms with Crippen molar-refractivity contribution in [3.05, 3.63) is 34.5 Å². The number of rotatable bonds is 3. The third-order valence-electron chi connectivity index (χ3n) is 3.50. The van der Waals surface area contributed by atoms with Gasteiger partial charge in [-0.3, -0.25) is 9.59 Å². The number of carbonyl (C=O) groups is 2. The van der Waals surface area contributed by atoms with Crippen LogP contribution in [0.15, 0.2) is 26.9 Å². The van der Waals surface area contributed by atoms with E-state index < -0.39 is 21.7 Å². The zero-order chi connectivity index (χ0) is 17.5. The summed E-state index contributed by atoms with van der Waals surface area (Å²) in [5.74, 6) is -0.315. The number of hydrogen-bond acceptors (Lipinski definition) is 7. The fraction of sp³-hybridized carbons (Fsp3) is 0.357. The van der Waals surface area contributed by atoms with E-state index in [1.807, 2.05) is 0 Å². The molecule has 1 aliphatic rings. The number of aryl methyl sites for hydroxylation is 1. The molecule has 0 unspecified atom stereocenters. The highest BCUT2D eigenvalue weighted by atomic mass is 32.2. The highest BCUT2D eigenvalue weighted by Crippen LogP contribution is 2.25. The summed E-state index contributed by atoms with van der Waals surface area (Å²) in [6.45, 7) is 2.45. The molecule has 0 aliphatic carbocycles. The molecule has 8 nitrogen and oxygen atoms in total. The van der Waals surface area contributed by atoms with Gasteiger partial charge in [0.2, 0.25) is 0 Å². The molecule has 0 spiro atoms. The molecule has 2 amide bonds.